The first-order valence-corrected chi connectivity index (χ1v) is 11.8. The maximum atomic E-state index is 14.4. The Morgan fingerprint density at radius 2 is 1.86 bits per heavy atom. The van der Waals surface area contributed by atoms with Crippen molar-refractivity contribution in [2.45, 2.75) is 43.6 Å². The Morgan fingerprint density at radius 1 is 1.08 bits per heavy atom. The minimum Gasteiger partial charge on any atom is -0.496 e. The molecule has 4 heterocycles. The van der Waals surface area contributed by atoms with E-state index in [0.29, 0.717) is 42.6 Å². The van der Waals surface area contributed by atoms with Gasteiger partial charge in [-0.15, -0.1) is 0 Å². The predicted molar refractivity (Wildman–Crippen MR) is 125 cm³/mol. The topological polar surface area (TPSA) is 77.4 Å². The van der Waals surface area contributed by atoms with Crippen molar-refractivity contribution in [1.29, 1.82) is 0 Å². The lowest BCUT2D eigenvalue weighted by atomic mass is 9.72. The number of piperidine rings is 2. The van der Waals surface area contributed by atoms with Crippen molar-refractivity contribution in [2.24, 2.45) is 5.92 Å². The summed E-state index contributed by atoms with van der Waals surface area (Å²) in [6.45, 7) is -0.732. The number of carbonyl (C=O) groups excluding carboxylic acids is 1. The molecule has 1 aromatic carbocycles. The number of ether oxygens (including phenoxy) is 2. The highest BCUT2D eigenvalue weighted by Gasteiger charge is 2.51. The van der Waals surface area contributed by atoms with Gasteiger partial charge in [0.15, 0.2) is 5.82 Å². The molecular formula is C26H24F4N4O3. The number of aromatic nitrogens is 3. The van der Waals surface area contributed by atoms with Crippen molar-refractivity contribution < 1.29 is 31.8 Å². The number of hydrogen-bond acceptors (Lipinski definition) is 6. The number of pyridine rings is 1. The molecule has 1 saturated carbocycles. The first-order chi connectivity index (χ1) is 17.8. The second-order valence-electron chi connectivity index (χ2n) is 9.07. The summed E-state index contributed by atoms with van der Waals surface area (Å²) in [4.78, 5) is 28.0. The zero-order valence-electron chi connectivity index (χ0n) is 19.9. The van der Waals surface area contributed by atoms with E-state index in [1.165, 1.54) is 12.0 Å². The first-order valence-electron chi connectivity index (χ1n) is 11.8. The SMILES string of the molecule is COc1cccc(-c2ncccn2)c1C(=O)N1C(CF)C2CCC1C(Oc1ccc(C(F)(F)F)cn1)C2. The lowest BCUT2D eigenvalue weighted by Gasteiger charge is -2.53. The number of nitrogens with zero attached hydrogens (tertiary/aromatic N) is 4. The van der Waals surface area contributed by atoms with Gasteiger partial charge in [-0.25, -0.2) is 19.3 Å². The molecule has 0 N–H and O–H groups in total. The summed E-state index contributed by atoms with van der Waals surface area (Å²) in [6.07, 6.45) is 0.503. The Labute approximate surface area is 210 Å². The van der Waals surface area contributed by atoms with Crippen LogP contribution in [0.25, 0.3) is 11.4 Å². The average Bonchev–Trinajstić information content (AvgIpc) is 2.92. The van der Waals surface area contributed by atoms with E-state index in [1.807, 2.05) is 0 Å². The highest BCUT2D eigenvalue weighted by molar-refractivity contribution is 6.03. The third-order valence-corrected chi connectivity index (χ3v) is 7.05. The summed E-state index contributed by atoms with van der Waals surface area (Å²) < 4.78 is 64.6. The highest BCUT2D eigenvalue weighted by atomic mass is 19.4. The largest absolute Gasteiger partial charge is 0.496 e. The van der Waals surface area contributed by atoms with E-state index >= 15 is 0 Å². The number of benzene rings is 1. The molecular weight excluding hydrogens is 492 g/mol. The monoisotopic (exact) mass is 516 g/mol. The van der Waals surface area contributed by atoms with Gasteiger partial charge in [0.05, 0.1) is 30.3 Å². The molecule has 2 aromatic heterocycles. The van der Waals surface area contributed by atoms with E-state index < -0.39 is 42.5 Å². The van der Waals surface area contributed by atoms with Crippen LogP contribution < -0.4 is 9.47 Å². The molecule has 2 aliphatic heterocycles. The zero-order valence-corrected chi connectivity index (χ0v) is 19.9. The summed E-state index contributed by atoms with van der Waals surface area (Å²) in [5, 5.41) is 0. The third kappa shape index (κ3) is 4.70. The molecule has 194 valence electrons. The number of methoxy groups -OCH3 is 1. The molecule has 3 fully saturated rings. The third-order valence-electron chi connectivity index (χ3n) is 7.05. The fraction of sp³-hybridized carbons (Fsp3) is 0.385. The van der Waals surface area contributed by atoms with Gasteiger partial charge in [-0.2, -0.15) is 13.2 Å². The van der Waals surface area contributed by atoms with Crippen molar-refractivity contribution >= 4 is 5.91 Å². The smallest absolute Gasteiger partial charge is 0.417 e. The van der Waals surface area contributed by atoms with Crippen LogP contribution in [0.3, 0.4) is 0 Å². The fourth-order valence-electron chi connectivity index (χ4n) is 5.36. The first kappa shape index (κ1) is 24.9. The number of halogens is 4. The summed E-state index contributed by atoms with van der Waals surface area (Å²) in [7, 11) is 1.44. The Balaban J connectivity index is 1.49. The van der Waals surface area contributed by atoms with Gasteiger partial charge in [0.25, 0.3) is 5.91 Å². The quantitative estimate of drug-likeness (QED) is 0.431. The highest BCUT2D eigenvalue weighted by Crippen LogP contribution is 2.44. The molecule has 37 heavy (non-hydrogen) atoms. The van der Waals surface area contributed by atoms with Crippen molar-refractivity contribution in [3.8, 4) is 23.0 Å². The molecule has 4 atom stereocenters. The zero-order chi connectivity index (χ0) is 26.2. The van der Waals surface area contributed by atoms with Crippen LogP contribution in [-0.2, 0) is 6.18 Å². The predicted octanol–water partition coefficient (Wildman–Crippen LogP) is 4.98. The van der Waals surface area contributed by atoms with Crippen LogP contribution in [0.2, 0.25) is 0 Å². The molecule has 2 saturated heterocycles. The van der Waals surface area contributed by atoms with Crippen LogP contribution in [0.1, 0.15) is 35.2 Å². The molecule has 7 nitrogen and oxygen atoms in total. The molecule has 0 spiro atoms. The van der Waals surface area contributed by atoms with Gasteiger partial charge in [0, 0.05) is 30.2 Å². The van der Waals surface area contributed by atoms with E-state index in [9.17, 15) is 22.4 Å². The van der Waals surface area contributed by atoms with E-state index in [-0.39, 0.29) is 17.4 Å². The minimum absolute atomic E-state index is 0.0189. The Kier molecular flexibility index (Phi) is 6.70. The maximum absolute atomic E-state index is 14.4. The van der Waals surface area contributed by atoms with Gasteiger partial charge >= 0.3 is 6.18 Å². The minimum atomic E-state index is -4.51. The van der Waals surface area contributed by atoms with Gasteiger partial charge < -0.3 is 14.4 Å². The van der Waals surface area contributed by atoms with Crippen LogP contribution in [0.4, 0.5) is 17.6 Å². The number of carbonyl (C=O) groups is 1. The fourth-order valence-corrected chi connectivity index (χ4v) is 5.36. The lowest BCUT2D eigenvalue weighted by Crippen LogP contribution is -2.65. The summed E-state index contributed by atoms with van der Waals surface area (Å²) in [5.41, 5.74) is -0.217. The second kappa shape index (κ2) is 9.95. The maximum Gasteiger partial charge on any atom is 0.417 e. The normalized spacial score (nSPS) is 23.1. The molecule has 3 aliphatic rings. The van der Waals surface area contributed by atoms with Crippen LogP contribution in [0, 0.1) is 5.92 Å². The number of alkyl halides is 4. The average molecular weight is 516 g/mol. The molecule has 1 aliphatic carbocycles. The number of fused-ring (bicyclic) bond motifs is 3. The van der Waals surface area contributed by atoms with Gasteiger partial charge in [0.2, 0.25) is 5.88 Å². The van der Waals surface area contributed by atoms with Crippen LogP contribution in [-0.4, -0.2) is 57.7 Å². The van der Waals surface area contributed by atoms with Crippen LogP contribution >= 0.6 is 0 Å². The summed E-state index contributed by atoms with van der Waals surface area (Å²) in [5.74, 6) is 0.0298. The van der Waals surface area contributed by atoms with Gasteiger partial charge in [0.1, 0.15) is 18.5 Å². The summed E-state index contributed by atoms with van der Waals surface area (Å²) >= 11 is 0. The van der Waals surface area contributed by atoms with Crippen molar-refractivity contribution in [2.75, 3.05) is 13.8 Å². The van der Waals surface area contributed by atoms with Crippen LogP contribution in [0.5, 0.6) is 11.6 Å². The molecule has 6 rings (SSSR count). The van der Waals surface area contributed by atoms with E-state index in [1.54, 1.807) is 36.7 Å². The van der Waals surface area contributed by atoms with Gasteiger partial charge in [-0.05, 0) is 43.4 Å². The Bertz CT molecular complexity index is 1260. The molecule has 1 amide bonds. The van der Waals surface area contributed by atoms with Crippen molar-refractivity contribution in [3.63, 3.8) is 0 Å². The second-order valence-corrected chi connectivity index (χ2v) is 9.07. The Hall–Kier alpha value is -3.76. The number of rotatable bonds is 6. The molecule has 11 heteroatoms. The van der Waals surface area contributed by atoms with E-state index in [4.69, 9.17) is 9.47 Å². The molecule has 2 bridgehead atoms. The standard InChI is InChI=1S/C26H24F4N4O3/c1-36-20-5-2-4-17(24-31-10-3-11-32-24)23(20)25(35)34-18-8-6-15(19(34)13-27)12-21(18)37-22-9-7-16(14-33-22)26(28,29)30/h2-5,7,9-11,14-15,18-19,21H,6,8,12-13H2,1H3. The van der Waals surface area contributed by atoms with Crippen LogP contribution in [0.15, 0.2) is 55.0 Å². The van der Waals surface area contributed by atoms with E-state index in [0.717, 1.165) is 12.1 Å². The molecule has 4 unspecified atom stereocenters. The molecule has 0 radical (unpaired) electrons. The van der Waals surface area contributed by atoms with Gasteiger partial charge in [-0.1, -0.05) is 12.1 Å². The molecule has 3 aromatic rings. The number of hydrogen-bond donors (Lipinski definition) is 0. The number of amides is 1. The van der Waals surface area contributed by atoms with E-state index in [2.05, 4.69) is 15.0 Å². The van der Waals surface area contributed by atoms with Crippen molar-refractivity contribution in [1.82, 2.24) is 19.9 Å². The summed E-state index contributed by atoms with van der Waals surface area (Å²) in [6, 6.07) is 7.62. The lowest BCUT2D eigenvalue weighted by molar-refractivity contribution is -0.137. The van der Waals surface area contributed by atoms with Crippen molar-refractivity contribution in [3.05, 3.63) is 66.1 Å². The Morgan fingerprint density at radius 3 is 2.51 bits per heavy atom. The van der Waals surface area contributed by atoms with Gasteiger partial charge in [-0.3, -0.25) is 4.79 Å².